The summed E-state index contributed by atoms with van der Waals surface area (Å²) in [5, 5.41) is 19.9. The fourth-order valence-corrected chi connectivity index (χ4v) is 2.96. The van der Waals surface area contributed by atoms with Gasteiger partial charge in [0.25, 0.3) is 5.91 Å². The molecule has 0 unspecified atom stereocenters. The van der Waals surface area contributed by atoms with Crippen molar-refractivity contribution in [2.24, 2.45) is 0 Å². The first kappa shape index (κ1) is 18.4. The highest BCUT2D eigenvalue weighted by molar-refractivity contribution is 6.04. The molecule has 1 amide bonds. The van der Waals surface area contributed by atoms with Gasteiger partial charge in [0.15, 0.2) is 0 Å². The van der Waals surface area contributed by atoms with Gasteiger partial charge in [-0.15, -0.1) is 0 Å². The number of aromatic amines is 1. The summed E-state index contributed by atoms with van der Waals surface area (Å²) in [7, 11) is 0. The molecule has 0 atom stereocenters. The van der Waals surface area contributed by atoms with Crippen molar-refractivity contribution in [1.29, 1.82) is 0 Å². The quantitative estimate of drug-likeness (QED) is 0.453. The first-order valence-electron chi connectivity index (χ1n) is 9.02. The van der Waals surface area contributed by atoms with Crippen LogP contribution in [0.4, 0.5) is 10.1 Å². The number of hydrogen-bond acceptors (Lipinski definition) is 3. The summed E-state index contributed by atoms with van der Waals surface area (Å²) < 4.78 is 13.5. The zero-order valence-corrected chi connectivity index (χ0v) is 15.6. The van der Waals surface area contributed by atoms with Gasteiger partial charge in [0.1, 0.15) is 11.6 Å². The number of amides is 1. The molecular weight excluding hydrogens is 369 g/mol. The second-order valence-corrected chi connectivity index (χ2v) is 6.73. The third kappa shape index (κ3) is 4.01. The van der Waals surface area contributed by atoms with E-state index in [2.05, 4.69) is 15.5 Å². The number of aromatic nitrogens is 2. The van der Waals surface area contributed by atoms with Gasteiger partial charge in [-0.05, 0) is 55.5 Å². The van der Waals surface area contributed by atoms with Crippen molar-refractivity contribution in [3.05, 3.63) is 89.7 Å². The van der Waals surface area contributed by atoms with Gasteiger partial charge >= 0.3 is 0 Å². The van der Waals surface area contributed by atoms with E-state index in [4.69, 9.17) is 0 Å². The molecule has 29 heavy (non-hydrogen) atoms. The highest BCUT2D eigenvalue weighted by atomic mass is 19.1. The maximum absolute atomic E-state index is 13.5. The van der Waals surface area contributed by atoms with Gasteiger partial charge < -0.3 is 10.4 Å². The summed E-state index contributed by atoms with van der Waals surface area (Å²) in [5.74, 6) is -0.653. The first-order chi connectivity index (χ1) is 14.0. The number of H-pyrrole nitrogens is 1. The smallest absolute Gasteiger partial charge is 0.255 e. The first-order valence-corrected chi connectivity index (χ1v) is 9.02. The molecule has 144 valence electrons. The Bertz CT molecular complexity index is 1170. The number of halogens is 1. The lowest BCUT2D eigenvalue weighted by molar-refractivity contribution is 0.102. The third-order valence-electron chi connectivity index (χ3n) is 4.58. The van der Waals surface area contributed by atoms with Crippen molar-refractivity contribution in [3.63, 3.8) is 0 Å². The standard InChI is InChI=1S/C23H18FN3O2/c1-14-2-4-16(5-3-14)23(29)25-18-9-6-15(7-10-18)20-13-21(27-26-20)19-12-17(24)8-11-22(19)28/h2-13,28H,1H3,(H,25,29)(H,26,27). The van der Waals surface area contributed by atoms with Crippen molar-refractivity contribution in [2.75, 3.05) is 5.32 Å². The van der Waals surface area contributed by atoms with E-state index in [0.717, 1.165) is 11.1 Å². The predicted molar refractivity (Wildman–Crippen MR) is 110 cm³/mol. The Morgan fingerprint density at radius 1 is 1.00 bits per heavy atom. The zero-order valence-electron chi connectivity index (χ0n) is 15.6. The summed E-state index contributed by atoms with van der Waals surface area (Å²) in [6.45, 7) is 1.97. The SMILES string of the molecule is Cc1ccc(C(=O)Nc2ccc(-c3cc(-c4cc(F)ccc4O)[nH]n3)cc2)cc1. The fraction of sp³-hybridized carbons (Fsp3) is 0.0435. The van der Waals surface area contributed by atoms with E-state index in [1.165, 1.54) is 18.2 Å². The molecule has 5 nitrogen and oxygen atoms in total. The molecule has 3 aromatic carbocycles. The Labute approximate surface area is 166 Å². The van der Waals surface area contributed by atoms with Crippen LogP contribution in [0.2, 0.25) is 0 Å². The largest absolute Gasteiger partial charge is 0.507 e. The molecule has 0 bridgehead atoms. The Morgan fingerprint density at radius 3 is 2.45 bits per heavy atom. The number of aromatic hydroxyl groups is 1. The van der Waals surface area contributed by atoms with Crippen molar-refractivity contribution in [2.45, 2.75) is 6.92 Å². The lowest BCUT2D eigenvalue weighted by Gasteiger charge is -2.06. The van der Waals surface area contributed by atoms with Crippen LogP contribution < -0.4 is 5.32 Å². The molecule has 1 aromatic heterocycles. The highest BCUT2D eigenvalue weighted by Crippen LogP contribution is 2.31. The van der Waals surface area contributed by atoms with Crippen LogP contribution in [0.25, 0.3) is 22.5 Å². The average Bonchev–Trinajstić information content (AvgIpc) is 3.21. The molecule has 0 aliphatic carbocycles. The summed E-state index contributed by atoms with van der Waals surface area (Å²) in [4.78, 5) is 12.3. The number of phenolic OH excluding ortho intramolecular Hbond substituents is 1. The molecule has 6 heteroatoms. The van der Waals surface area contributed by atoms with Gasteiger partial charge in [-0.25, -0.2) is 4.39 Å². The highest BCUT2D eigenvalue weighted by Gasteiger charge is 2.11. The second kappa shape index (κ2) is 7.59. The Morgan fingerprint density at radius 2 is 1.72 bits per heavy atom. The van der Waals surface area contributed by atoms with E-state index in [9.17, 15) is 14.3 Å². The number of phenols is 1. The van der Waals surface area contributed by atoms with Crippen molar-refractivity contribution >= 4 is 11.6 Å². The number of aryl methyl sites for hydroxylation is 1. The maximum atomic E-state index is 13.5. The van der Waals surface area contributed by atoms with Gasteiger partial charge in [-0.3, -0.25) is 9.89 Å². The van der Waals surface area contributed by atoms with Gasteiger partial charge in [-0.2, -0.15) is 5.10 Å². The number of benzene rings is 3. The van der Waals surface area contributed by atoms with Gasteiger partial charge in [-0.1, -0.05) is 29.8 Å². The molecule has 4 rings (SSSR count). The van der Waals surface area contributed by atoms with E-state index in [0.29, 0.717) is 28.2 Å². The second-order valence-electron chi connectivity index (χ2n) is 6.73. The minimum Gasteiger partial charge on any atom is -0.507 e. The Kier molecular flexibility index (Phi) is 4.83. The molecule has 0 spiro atoms. The van der Waals surface area contributed by atoms with Crippen LogP contribution in [0.3, 0.4) is 0 Å². The number of rotatable bonds is 4. The monoisotopic (exact) mass is 387 g/mol. The molecule has 0 saturated heterocycles. The molecule has 0 saturated carbocycles. The van der Waals surface area contributed by atoms with Crippen molar-refractivity contribution < 1.29 is 14.3 Å². The number of hydrogen-bond donors (Lipinski definition) is 3. The maximum Gasteiger partial charge on any atom is 0.255 e. The van der Waals surface area contributed by atoms with E-state index in [1.54, 1.807) is 30.3 Å². The Hall–Kier alpha value is -3.93. The van der Waals surface area contributed by atoms with E-state index in [-0.39, 0.29) is 11.7 Å². The lowest BCUT2D eigenvalue weighted by atomic mass is 10.1. The van der Waals surface area contributed by atoms with E-state index in [1.807, 2.05) is 31.2 Å². The van der Waals surface area contributed by atoms with Crippen LogP contribution in [-0.4, -0.2) is 21.2 Å². The zero-order chi connectivity index (χ0) is 20.4. The molecule has 1 heterocycles. The number of nitrogens with zero attached hydrogens (tertiary/aromatic N) is 1. The van der Waals surface area contributed by atoms with Crippen molar-refractivity contribution in [3.8, 4) is 28.3 Å². The fourth-order valence-electron chi connectivity index (χ4n) is 2.96. The molecule has 0 aliphatic rings. The number of nitrogens with one attached hydrogen (secondary N) is 2. The summed E-state index contributed by atoms with van der Waals surface area (Å²) >= 11 is 0. The Balaban J connectivity index is 1.51. The van der Waals surface area contributed by atoms with Crippen LogP contribution in [0.1, 0.15) is 15.9 Å². The van der Waals surface area contributed by atoms with Crippen LogP contribution in [0.5, 0.6) is 5.75 Å². The van der Waals surface area contributed by atoms with Crippen LogP contribution >= 0.6 is 0 Å². The normalized spacial score (nSPS) is 10.7. The molecule has 0 radical (unpaired) electrons. The minimum absolute atomic E-state index is 0.0317. The average molecular weight is 387 g/mol. The number of carbonyl (C=O) groups excluding carboxylic acids is 1. The van der Waals surface area contributed by atoms with Gasteiger partial charge in [0, 0.05) is 22.4 Å². The molecule has 0 aliphatic heterocycles. The topological polar surface area (TPSA) is 78.0 Å². The summed E-state index contributed by atoms with van der Waals surface area (Å²) in [6.07, 6.45) is 0. The van der Waals surface area contributed by atoms with Gasteiger partial charge in [0.2, 0.25) is 0 Å². The third-order valence-corrected chi connectivity index (χ3v) is 4.58. The van der Waals surface area contributed by atoms with Crippen LogP contribution in [-0.2, 0) is 0 Å². The lowest BCUT2D eigenvalue weighted by Crippen LogP contribution is -2.11. The summed E-state index contributed by atoms with van der Waals surface area (Å²) in [5.41, 5.74) is 4.65. The molecule has 0 fully saturated rings. The molecular formula is C23H18FN3O2. The van der Waals surface area contributed by atoms with E-state index >= 15 is 0 Å². The van der Waals surface area contributed by atoms with E-state index < -0.39 is 5.82 Å². The van der Waals surface area contributed by atoms with Gasteiger partial charge in [0.05, 0.1) is 11.4 Å². The molecule has 4 aromatic rings. The minimum atomic E-state index is -0.442. The van der Waals surface area contributed by atoms with Crippen LogP contribution in [0, 0.1) is 12.7 Å². The molecule has 3 N–H and O–H groups in total. The van der Waals surface area contributed by atoms with Crippen LogP contribution in [0.15, 0.2) is 72.8 Å². The number of anilines is 1. The summed E-state index contributed by atoms with van der Waals surface area (Å²) in [6, 6.07) is 20.1. The van der Waals surface area contributed by atoms with Crippen molar-refractivity contribution in [1.82, 2.24) is 10.2 Å². The number of carbonyl (C=O) groups is 1. The predicted octanol–water partition coefficient (Wildman–Crippen LogP) is 5.15.